The van der Waals surface area contributed by atoms with Gasteiger partial charge < -0.3 is 4.98 Å². The molecule has 0 fully saturated rings. The molecule has 0 aliphatic rings. The van der Waals surface area contributed by atoms with Crippen LogP contribution in [0.2, 0.25) is 5.28 Å². The molecule has 5 rings (SSSR count). The second-order valence-electron chi connectivity index (χ2n) is 6.15. The van der Waals surface area contributed by atoms with Gasteiger partial charge in [0.2, 0.25) is 5.28 Å². The van der Waals surface area contributed by atoms with Crippen LogP contribution in [-0.2, 0) is 0 Å². The molecule has 0 saturated carbocycles. The number of para-hydroxylation sites is 2. The maximum Gasteiger partial charge on any atom is 0.223 e. The summed E-state index contributed by atoms with van der Waals surface area (Å²) in [6.45, 7) is 0. The van der Waals surface area contributed by atoms with E-state index in [-0.39, 0.29) is 5.28 Å². The van der Waals surface area contributed by atoms with E-state index in [0.29, 0.717) is 0 Å². The number of halogens is 1. The Labute approximate surface area is 155 Å². The van der Waals surface area contributed by atoms with Gasteiger partial charge in [-0.2, -0.15) is 0 Å². The molecule has 124 valence electrons. The Morgan fingerprint density at radius 2 is 1.38 bits per heavy atom. The van der Waals surface area contributed by atoms with Crippen molar-refractivity contribution in [2.45, 2.75) is 0 Å². The molecule has 0 aliphatic carbocycles. The van der Waals surface area contributed by atoms with Gasteiger partial charge in [0.15, 0.2) is 0 Å². The topological polar surface area (TPSA) is 41.6 Å². The minimum absolute atomic E-state index is 0.253. The number of hydrogen-bond acceptors (Lipinski definition) is 2. The van der Waals surface area contributed by atoms with Crippen LogP contribution in [0.25, 0.3) is 44.3 Å². The van der Waals surface area contributed by atoms with Crippen molar-refractivity contribution in [2.24, 2.45) is 0 Å². The molecular weight excluding hydrogens is 342 g/mol. The number of aromatic nitrogens is 3. The van der Waals surface area contributed by atoms with Gasteiger partial charge in [0, 0.05) is 21.9 Å². The van der Waals surface area contributed by atoms with Gasteiger partial charge in [-0.15, -0.1) is 0 Å². The lowest BCUT2D eigenvalue weighted by Gasteiger charge is -2.09. The van der Waals surface area contributed by atoms with Gasteiger partial charge in [-0.05, 0) is 29.3 Å². The first kappa shape index (κ1) is 15.1. The number of rotatable bonds is 2. The van der Waals surface area contributed by atoms with E-state index in [1.807, 2.05) is 54.6 Å². The lowest BCUT2D eigenvalue weighted by molar-refractivity contribution is 1.23. The third kappa shape index (κ3) is 2.37. The number of aromatic amines is 1. The zero-order chi connectivity index (χ0) is 17.5. The van der Waals surface area contributed by atoms with Gasteiger partial charge in [0.05, 0.1) is 16.9 Å². The van der Waals surface area contributed by atoms with Crippen molar-refractivity contribution in [1.82, 2.24) is 15.0 Å². The van der Waals surface area contributed by atoms with E-state index < -0.39 is 0 Å². The largest absolute Gasteiger partial charge is 0.354 e. The summed E-state index contributed by atoms with van der Waals surface area (Å²) >= 11 is 6.26. The number of nitrogens with zero attached hydrogens (tertiary/aromatic N) is 2. The van der Waals surface area contributed by atoms with Crippen LogP contribution >= 0.6 is 11.6 Å². The summed E-state index contributed by atoms with van der Waals surface area (Å²) < 4.78 is 0. The van der Waals surface area contributed by atoms with Crippen LogP contribution in [0.4, 0.5) is 0 Å². The van der Waals surface area contributed by atoms with Crippen LogP contribution in [0.5, 0.6) is 0 Å². The Morgan fingerprint density at radius 3 is 2.23 bits per heavy atom. The van der Waals surface area contributed by atoms with E-state index in [1.165, 1.54) is 0 Å². The molecule has 3 aromatic carbocycles. The van der Waals surface area contributed by atoms with E-state index in [4.69, 9.17) is 11.6 Å². The van der Waals surface area contributed by atoms with Crippen molar-refractivity contribution in [2.75, 3.05) is 0 Å². The SMILES string of the molecule is Clc1nc(-c2c(-c3ccccc3)[nH]c3ccccc23)c2ccccc2n1. The van der Waals surface area contributed by atoms with Crippen LogP contribution in [0.3, 0.4) is 0 Å². The van der Waals surface area contributed by atoms with Crippen molar-refractivity contribution in [1.29, 1.82) is 0 Å². The summed E-state index contributed by atoms with van der Waals surface area (Å²) in [4.78, 5) is 12.5. The van der Waals surface area contributed by atoms with E-state index in [2.05, 4.69) is 39.2 Å². The molecule has 2 heterocycles. The zero-order valence-electron chi connectivity index (χ0n) is 13.8. The van der Waals surface area contributed by atoms with Gasteiger partial charge in [-0.3, -0.25) is 0 Å². The minimum Gasteiger partial charge on any atom is -0.354 e. The molecule has 0 aliphatic heterocycles. The van der Waals surface area contributed by atoms with Gasteiger partial charge in [-0.25, -0.2) is 9.97 Å². The van der Waals surface area contributed by atoms with Crippen molar-refractivity contribution in [3.8, 4) is 22.5 Å². The molecule has 1 N–H and O–H groups in total. The van der Waals surface area contributed by atoms with Crippen molar-refractivity contribution < 1.29 is 0 Å². The first-order valence-corrected chi connectivity index (χ1v) is 8.78. The molecule has 0 amide bonds. The molecule has 0 atom stereocenters. The summed E-state index contributed by atoms with van der Waals surface area (Å²) in [5.74, 6) is 0. The number of hydrogen-bond donors (Lipinski definition) is 1. The third-order valence-corrected chi connectivity index (χ3v) is 4.75. The summed E-state index contributed by atoms with van der Waals surface area (Å²) in [5, 5.41) is 2.35. The van der Waals surface area contributed by atoms with Crippen molar-refractivity contribution in [3.63, 3.8) is 0 Å². The zero-order valence-corrected chi connectivity index (χ0v) is 14.5. The average molecular weight is 356 g/mol. The van der Waals surface area contributed by atoms with Gasteiger partial charge in [-0.1, -0.05) is 66.7 Å². The highest BCUT2D eigenvalue weighted by Crippen LogP contribution is 2.40. The summed E-state index contributed by atoms with van der Waals surface area (Å²) in [5.41, 5.74) is 5.94. The second-order valence-corrected chi connectivity index (χ2v) is 6.48. The molecular formula is C22H14ClN3. The Bertz CT molecular complexity index is 1240. The summed E-state index contributed by atoms with van der Waals surface area (Å²) in [6.07, 6.45) is 0. The Balaban J connectivity index is 1.94. The van der Waals surface area contributed by atoms with Gasteiger partial charge in [0.1, 0.15) is 0 Å². The van der Waals surface area contributed by atoms with Gasteiger partial charge >= 0.3 is 0 Å². The van der Waals surface area contributed by atoms with Gasteiger partial charge in [0.25, 0.3) is 0 Å². The number of benzene rings is 3. The maximum absolute atomic E-state index is 6.26. The first-order valence-electron chi connectivity index (χ1n) is 8.40. The quantitative estimate of drug-likeness (QED) is 0.389. The molecule has 26 heavy (non-hydrogen) atoms. The molecule has 0 saturated heterocycles. The Morgan fingerprint density at radius 1 is 0.692 bits per heavy atom. The van der Waals surface area contributed by atoms with Crippen molar-refractivity contribution >= 4 is 33.4 Å². The first-order chi connectivity index (χ1) is 12.8. The lowest BCUT2D eigenvalue weighted by atomic mass is 9.99. The van der Waals surface area contributed by atoms with E-state index in [1.54, 1.807) is 0 Å². The molecule has 0 radical (unpaired) electrons. The molecule has 0 spiro atoms. The molecule has 0 bridgehead atoms. The standard InChI is InChI=1S/C22H14ClN3/c23-22-25-18-13-7-5-11-16(18)21(26-22)19-15-10-4-6-12-17(15)24-20(19)14-8-2-1-3-9-14/h1-13,24H. The summed E-state index contributed by atoms with van der Waals surface area (Å²) in [6, 6.07) is 26.5. The van der Waals surface area contributed by atoms with E-state index in [0.717, 1.165) is 44.3 Å². The van der Waals surface area contributed by atoms with Crippen LogP contribution < -0.4 is 0 Å². The molecule has 0 unspecified atom stereocenters. The van der Waals surface area contributed by atoms with Crippen LogP contribution in [-0.4, -0.2) is 15.0 Å². The fraction of sp³-hybridized carbons (Fsp3) is 0. The Hall–Kier alpha value is -3.17. The third-order valence-electron chi connectivity index (χ3n) is 4.58. The highest BCUT2D eigenvalue weighted by Gasteiger charge is 2.19. The second kappa shape index (κ2) is 5.97. The number of H-pyrrole nitrogens is 1. The molecule has 4 heteroatoms. The summed E-state index contributed by atoms with van der Waals surface area (Å²) in [7, 11) is 0. The number of fused-ring (bicyclic) bond motifs is 2. The average Bonchev–Trinajstić information content (AvgIpc) is 3.07. The van der Waals surface area contributed by atoms with Crippen LogP contribution in [0.15, 0.2) is 78.9 Å². The highest BCUT2D eigenvalue weighted by atomic mass is 35.5. The lowest BCUT2D eigenvalue weighted by Crippen LogP contribution is -1.92. The van der Waals surface area contributed by atoms with Crippen LogP contribution in [0.1, 0.15) is 0 Å². The number of nitrogens with one attached hydrogen (secondary N) is 1. The van der Waals surface area contributed by atoms with Crippen LogP contribution in [0, 0.1) is 0 Å². The normalized spacial score (nSPS) is 11.3. The smallest absolute Gasteiger partial charge is 0.223 e. The fourth-order valence-electron chi connectivity index (χ4n) is 3.45. The highest BCUT2D eigenvalue weighted by molar-refractivity contribution is 6.29. The molecule has 3 nitrogen and oxygen atoms in total. The minimum atomic E-state index is 0.253. The Kier molecular flexibility index (Phi) is 3.47. The predicted octanol–water partition coefficient (Wildman–Crippen LogP) is 6.10. The molecule has 5 aromatic rings. The van der Waals surface area contributed by atoms with Crippen molar-refractivity contribution in [3.05, 3.63) is 84.1 Å². The molecule has 2 aromatic heterocycles. The fourth-order valence-corrected chi connectivity index (χ4v) is 3.62. The maximum atomic E-state index is 6.26. The predicted molar refractivity (Wildman–Crippen MR) is 107 cm³/mol. The van der Waals surface area contributed by atoms with E-state index >= 15 is 0 Å². The monoisotopic (exact) mass is 355 g/mol. The van der Waals surface area contributed by atoms with E-state index in [9.17, 15) is 0 Å².